The molecule has 0 aromatic heterocycles. The molecule has 0 unspecified atom stereocenters. The van der Waals surface area contributed by atoms with Crippen molar-refractivity contribution >= 4 is 23.1 Å². The lowest BCUT2D eigenvalue weighted by molar-refractivity contribution is 0.0993. The number of rotatable bonds is 3. The largest absolute Gasteiger partial charge is 0.384 e. The molecule has 2 aromatic rings. The van der Waals surface area contributed by atoms with E-state index in [1.54, 1.807) is 6.07 Å². The second-order valence-electron chi connectivity index (χ2n) is 4.88. The van der Waals surface area contributed by atoms with Crippen LogP contribution in [0.1, 0.15) is 21.5 Å². The lowest BCUT2D eigenvalue weighted by atomic mass is 10.0. The van der Waals surface area contributed by atoms with Gasteiger partial charge in [-0.2, -0.15) is 0 Å². The van der Waals surface area contributed by atoms with Gasteiger partial charge in [0.25, 0.3) is 0 Å². The van der Waals surface area contributed by atoms with Gasteiger partial charge in [-0.15, -0.1) is 0 Å². The van der Waals surface area contributed by atoms with Gasteiger partial charge in [-0.05, 0) is 35.7 Å². The highest BCUT2D eigenvalue weighted by atomic mass is 35.5. The molecule has 0 radical (unpaired) electrons. The van der Waals surface area contributed by atoms with E-state index in [-0.39, 0.29) is 17.2 Å². The minimum atomic E-state index is -0.395. The number of benzene rings is 2. The van der Waals surface area contributed by atoms with Crippen LogP contribution in [0.5, 0.6) is 0 Å². The third kappa shape index (κ3) is 2.54. The maximum Gasteiger partial charge on any atom is 0.167 e. The summed E-state index contributed by atoms with van der Waals surface area (Å²) in [7, 11) is 0. The molecule has 1 aliphatic heterocycles. The normalized spacial score (nSPS) is 12.9. The van der Waals surface area contributed by atoms with E-state index in [1.165, 1.54) is 17.7 Å². The fourth-order valence-corrected chi connectivity index (χ4v) is 2.64. The zero-order chi connectivity index (χ0) is 14.1. The number of carbonyl (C=O) groups is 1. The summed E-state index contributed by atoms with van der Waals surface area (Å²) in [5.74, 6) is -0.414. The van der Waals surface area contributed by atoms with Crippen molar-refractivity contribution in [2.45, 2.75) is 12.8 Å². The number of Topliss-reactive ketones (excluding diaryl/α,β-unsaturated/α-hetero) is 1. The summed E-state index contributed by atoms with van der Waals surface area (Å²) in [5, 5.41) is 3.54. The van der Waals surface area contributed by atoms with Crippen LogP contribution < -0.4 is 5.32 Å². The number of carbonyl (C=O) groups excluding carboxylic acids is 1. The van der Waals surface area contributed by atoms with E-state index in [2.05, 4.69) is 5.32 Å². The monoisotopic (exact) mass is 289 g/mol. The molecule has 0 saturated carbocycles. The molecule has 1 aliphatic rings. The highest BCUT2D eigenvalue weighted by Gasteiger charge is 2.15. The molecule has 0 atom stereocenters. The predicted octanol–water partition coefficient (Wildman–Crippen LogP) is 3.87. The summed E-state index contributed by atoms with van der Waals surface area (Å²) in [6, 6.07) is 9.80. The fourth-order valence-electron chi connectivity index (χ4n) is 2.40. The molecule has 2 nitrogen and oxygen atoms in total. The second kappa shape index (κ2) is 5.25. The Kier molecular flexibility index (Phi) is 3.45. The van der Waals surface area contributed by atoms with Crippen molar-refractivity contribution in [2.75, 3.05) is 11.9 Å². The van der Waals surface area contributed by atoms with Gasteiger partial charge >= 0.3 is 0 Å². The Bertz CT molecular complexity index is 684. The topological polar surface area (TPSA) is 29.1 Å². The number of anilines is 1. The molecule has 20 heavy (non-hydrogen) atoms. The molecule has 4 heteroatoms. The summed E-state index contributed by atoms with van der Waals surface area (Å²) in [6.45, 7) is 0.913. The quantitative estimate of drug-likeness (QED) is 0.869. The van der Waals surface area contributed by atoms with Crippen molar-refractivity contribution in [3.8, 4) is 0 Å². The zero-order valence-electron chi connectivity index (χ0n) is 10.7. The molecule has 1 heterocycles. The van der Waals surface area contributed by atoms with E-state index in [0.29, 0.717) is 11.1 Å². The second-order valence-corrected chi connectivity index (χ2v) is 5.29. The van der Waals surface area contributed by atoms with Crippen LogP contribution in [0, 0.1) is 5.82 Å². The zero-order valence-corrected chi connectivity index (χ0v) is 11.5. The van der Waals surface area contributed by atoms with Crippen molar-refractivity contribution in [3.63, 3.8) is 0 Å². The Labute approximate surface area is 121 Å². The van der Waals surface area contributed by atoms with Crippen LogP contribution in [0.3, 0.4) is 0 Å². The molecule has 102 valence electrons. The van der Waals surface area contributed by atoms with Gasteiger partial charge in [-0.1, -0.05) is 29.8 Å². The standard InChI is InChI=1S/C16H13ClFNO/c17-14-9-13(18)4-3-11(14)8-16(20)12-2-1-10-5-6-19-15(10)7-12/h1-4,7,9,19H,5-6,8H2. The van der Waals surface area contributed by atoms with Gasteiger partial charge in [0, 0.05) is 29.2 Å². The van der Waals surface area contributed by atoms with Crippen LogP contribution in [0.2, 0.25) is 5.02 Å². The summed E-state index contributed by atoms with van der Waals surface area (Å²) >= 11 is 5.95. The van der Waals surface area contributed by atoms with E-state index in [4.69, 9.17) is 11.6 Å². The first kappa shape index (κ1) is 13.1. The number of fused-ring (bicyclic) bond motifs is 1. The Hall–Kier alpha value is -1.87. The third-order valence-electron chi connectivity index (χ3n) is 3.51. The Morgan fingerprint density at radius 3 is 2.90 bits per heavy atom. The van der Waals surface area contributed by atoms with E-state index >= 15 is 0 Å². The molecule has 2 aromatic carbocycles. The lowest BCUT2D eigenvalue weighted by Crippen LogP contribution is -2.05. The van der Waals surface area contributed by atoms with Crippen molar-refractivity contribution in [2.24, 2.45) is 0 Å². The van der Waals surface area contributed by atoms with E-state index < -0.39 is 5.82 Å². The Balaban J connectivity index is 1.82. The highest BCUT2D eigenvalue weighted by molar-refractivity contribution is 6.31. The highest BCUT2D eigenvalue weighted by Crippen LogP contribution is 2.25. The van der Waals surface area contributed by atoms with Gasteiger partial charge in [0.05, 0.1) is 0 Å². The van der Waals surface area contributed by atoms with Crippen LogP contribution in [0.25, 0.3) is 0 Å². The molecule has 3 rings (SSSR count). The molecular formula is C16H13ClFNO. The van der Waals surface area contributed by atoms with E-state index in [1.807, 2.05) is 18.2 Å². The summed E-state index contributed by atoms with van der Waals surface area (Å²) in [4.78, 5) is 12.3. The average Bonchev–Trinajstić information content (AvgIpc) is 2.89. The summed E-state index contributed by atoms with van der Waals surface area (Å²) < 4.78 is 13.0. The Morgan fingerprint density at radius 2 is 2.10 bits per heavy atom. The summed E-state index contributed by atoms with van der Waals surface area (Å²) in [5.41, 5.74) is 3.56. The molecule has 0 amide bonds. The van der Waals surface area contributed by atoms with E-state index in [9.17, 15) is 9.18 Å². The van der Waals surface area contributed by atoms with Gasteiger partial charge in [-0.25, -0.2) is 4.39 Å². The Morgan fingerprint density at radius 1 is 1.25 bits per heavy atom. The van der Waals surface area contributed by atoms with Crippen LogP contribution in [0.4, 0.5) is 10.1 Å². The first-order valence-electron chi connectivity index (χ1n) is 6.47. The molecule has 0 aliphatic carbocycles. The average molecular weight is 290 g/mol. The van der Waals surface area contributed by atoms with Crippen LogP contribution in [-0.2, 0) is 12.8 Å². The molecule has 0 spiro atoms. The van der Waals surface area contributed by atoms with Gasteiger partial charge < -0.3 is 5.32 Å². The summed E-state index contributed by atoms with van der Waals surface area (Å²) in [6.07, 6.45) is 1.17. The number of ketones is 1. The molecule has 0 saturated heterocycles. The lowest BCUT2D eigenvalue weighted by Gasteiger charge is -2.06. The molecule has 0 fully saturated rings. The maximum absolute atomic E-state index is 13.0. The first-order valence-corrected chi connectivity index (χ1v) is 6.85. The fraction of sp³-hybridized carbons (Fsp3) is 0.188. The number of nitrogens with one attached hydrogen (secondary N) is 1. The predicted molar refractivity (Wildman–Crippen MR) is 78.1 cm³/mol. The number of hydrogen-bond donors (Lipinski definition) is 1. The van der Waals surface area contributed by atoms with Crippen LogP contribution in [0.15, 0.2) is 36.4 Å². The van der Waals surface area contributed by atoms with E-state index in [0.717, 1.165) is 18.7 Å². The third-order valence-corrected chi connectivity index (χ3v) is 3.86. The molecular weight excluding hydrogens is 277 g/mol. The van der Waals surface area contributed by atoms with Crippen molar-refractivity contribution in [1.29, 1.82) is 0 Å². The van der Waals surface area contributed by atoms with Gasteiger partial charge in [0.15, 0.2) is 5.78 Å². The maximum atomic E-state index is 13.0. The molecule has 1 N–H and O–H groups in total. The van der Waals surface area contributed by atoms with Gasteiger partial charge in [-0.3, -0.25) is 4.79 Å². The van der Waals surface area contributed by atoms with Crippen molar-refractivity contribution in [1.82, 2.24) is 0 Å². The van der Waals surface area contributed by atoms with Crippen LogP contribution >= 0.6 is 11.6 Å². The molecule has 0 bridgehead atoms. The van der Waals surface area contributed by atoms with Gasteiger partial charge in [0.1, 0.15) is 5.82 Å². The SMILES string of the molecule is O=C(Cc1ccc(F)cc1Cl)c1ccc2c(c1)NCC2. The minimum Gasteiger partial charge on any atom is -0.384 e. The van der Waals surface area contributed by atoms with Gasteiger partial charge in [0.2, 0.25) is 0 Å². The minimum absolute atomic E-state index is 0.0185. The van der Waals surface area contributed by atoms with Crippen molar-refractivity contribution < 1.29 is 9.18 Å². The van der Waals surface area contributed by atoms with Crippen LogP contribution in [-0.4, -0.2) is 12.3 Å². The number of halogens is 2. The number of hydrogen-bond acceptors (Lipinski definition) is 2. The first-order chi connectivity index (χ1) is 9.63. The van der Waals surface area contributed by atoms with Crippen molar-refractivity contribution in [3.05, 3.63) is 63.9 Å². The smallest absolute Gasteiger partial charge is 0.167 e.